The van der Waals surface area contributed by atoms with Gasteiger partial charge < -0.3 is 5.32 Å². The Morgan fingerprint density at radius 1 is 1.03 bits per heavy atom. The van der Waals surface area contributed by atoms with E-state index in [2.05, 4.69) is 29.4 Å². The molecule has 158 valence electrons. The molecule has 3 aromatic carbocycles. The van der Waals surface area contributed by atoms with Crippen LogP contribution in [0.1, 0.15) is 12.5 Å². The number of hydrogen-bond donors (Lipinski definition) is 1. The number of carbonyl (C=O) groups is 1. The van der Waals surface area contributed by atoms with E-state index in [4.69, 9.17) is 0 Å². The Morgan fingerprint density at radius 2 is 1.81 bits per heavy atom. The standard InChI is InChI=1S/C26H21N3O2S/c1-2-17-7-9-19(10-8-17)22-15-32-25-24(22)26(31)29(16-27-25)14-23(30)28-21-12-11-18-5-3-4-6-20(18)13-21/h3-13,15-16H,2,14H2,1H3,(H,28,30). The van der Waals surface area contributed by atoms with Crippen molar-refractivity contribution in [1.82, 2.24) is 9.55 Å². The summed E-state index contributed by atoms with van der Waals surface area (Å²) in [4.78, 5) is 31.0. The molecule has 0 saturated heterocycles. The molecule has 0 aliphatic rings. The van der Waals surface area contributed by atoms with Crippen molar-refractivity contribution in [2.75, 3.05) is 5.32 Å². The van der Waals surface area contributed by atoms with Gasteiger partial charge in [0, 0.05) is 16.6 Å². The van der Waals surface area contributed by atoms with E-state index < -0.39 is 0 Å². The number of nitrogens with one attached hydrogen (secondary N) is 1. The highest BCUT2D eigenvalue weighted by atomic mass is 32.1. The number of amides is 1. The van der Waals surface area contributed by atoms with Crippen LogP contribution < -0.4 is 10.9 Å². The summed E-state index contributed by atoms with van der Waals surface area (Å²) >= 11 is 1.44. The summed E-state index contributed by atoms with van der Waals surface area (Å²) in [5, 5.41) is 7.55. The Hall–Kier alpha value is -3.77. The smallest absolute Gasteiger partial charge is 0.263 e. The third kappa shape index (κ3) is 3.81. The molecule has 0 atom stereocenters. The largest absolute Gasteiger partial charge is 0.325 e. The van der Waals surface area contributed by atoms with E-state index in [0.717, 1.165) is 28.3 Å². The first-order valence-corrected chi connectivity index (χ1v) is 11.3. The molecular weight excluding hydrogens is 418 g/mol. The van der Waals surface area contributed by atoms with E-state index in [1.807, 2.05) is 60.0 Å². The molecule has 5 aromatic rings. The van der Waals surface area contributed by atoms with Crippen molar-refractivity contribution in [2.45, 2.75) is 19.9 Å². The molecule has 1 amide bonds. The van der Waals surface area contributed by atoms with Crippen LogP contribution in [-0.2, 0) is 17.8 Å². The van der Waals surface area contributed by atoms with Gasteiger partial charge in [-0.15, -0.1) is 11.3 Å². The molecule has 0 saturated carbocycles. The molecule has 32 heavy (non-hydrogen) atoms. The second kappa shape index (κ2) is 8.40. The maximum Gasteiger partial charge on any atom is 0.263 e. The van der Waals surface area contributed by atoms with Crippen molar-refractivity contribution in [3.8, 4) is 11.1 Å². The van der Waals surface area contributed by atoms with Crippen LogP contribution in [0.15, 0.2) is 83.2 Å². The van der Waals surface area contributed by atoms with Gasteiger partial charge >= 0.3 is 0 Å². The number of fused-ring (bicyclic) bond motifs is 2. The summed E-state index contributed by atoms with van der Waals surface area (Å²) in [6.07, 6.45) is 2.41. The summed E-state index contributed by atoms with van der Waals surface area (Å²) in [5.74, 6) is -0.271. The van der Waals surface area contributed by atoms with Gasteiger partial charge in [-0.25, -0.2) is 4.98 Å². The Labute approximate surface area is 189 Å². The maximum atomic E-state index is 13.2. The van der Waals surface area contributed by atoms with Crippen molar-refractivity contribution in [1.29, 1.82) is 0 Å². The predicted molar refractivity (Wildman–Crippen MR) is 131 cm³/mol. The minimum atomic E-state index is -0.271. The number of carbonyl (C=O) groups excluding carboxylic acids is 1. The van der Waals surface area contributed by atoms with Gasteiger partial charge in [0.2, 0.25) is 5.91 Å². The molecule has 6 heteroatoms. The lowest BCUT2D eigenvalue weighted by Crippen LogP contribution is -2.27. The van der Waals surface area contributed by atoms with E-state index >= 15 is 0 Å². The number of hydrogen-bond acceptors (Lipinski definition) is 4. The minimum absolute atomic E-state index is 0.0986. The fourth-order valence-corrected chi connectivity index (χ4v) is 4.74. The van der Waals surface area contributed by atoms with Crippen molar-refractivity contribution < 1.29 is 4.79 Å². The van der Waals surface area contributed by atoms with E-state index in [1.54, 1.807) is 0 Å². The molecule has 0 unspecified atom stereocenters. The molecule has 0 spiro atoms. The first-order valence-electron chi connectivity index (χ1n) is 10.5. The van der Waals surface area contributed by atoms with E-state index in [-0.39, 0.29) is 18.0 Å². The number of aryl methyl sites for hydroxylation is 1. The molecular formula is C26H21N3O2S. The van der Waals surface area contributed by atoms with Gasteiger partial charge in [0.25, 0.3) is 5.56 Å². The van der Waals surface area contributed by atoms with Gasteiger partial charge in [-0.3, -0.25) is 14.2 Å². The lowest BCUT2D eigenvalue weighted by atomic mass is 10.0. The molecule has 0 aliphatic heterocycles. The van der Waals surface area contributed by atoms with Crippen LogP contribution in [0, 0.1) is 0 Å². The van der Waals surface area contributed by atoms with E-state index in [0.29, 0.717) is 15.9 Å². The highest BCUT2D eigenvalue weighted by Gasteiger charge is 2.15. The van der Waals surface area contributed by atoms with Gasteiger partial charge in [0.1, 0.15) is 11.4 Å². The van der Waals surface area contributed by atoms with E-state index in [1.165, 1.54) is 27.8 Å². The lowest BCUT2D eigenvalue weighted by Gasteiger charge is -2.09. The van der Waals surface area contributed by atoms with Crippen LogP contribution in [0.5, 0.6) is 0 Å². The minimum Gasteiger partial charge on any atom is -0.325 e. The fourth-order valence-electron chi connectivity index (χ4n) is 3.83. The molecule has 0 fully saturated rings. The zero-order valence-corrected chi connectivity index (χ0v) is 18.4. The third-order valence-electron chi connectivity index (χ3n) is 5.58. The number of anilines is 1. The van der Waals surface area contributed by atoms with Gasteiger partial charge in [-0.2, -0.15) is 0 Å². The molecule has 1 N–H and O–H groups in total. The summed E-state index contributed by atoms with van der Waals surface area (Å²) < 4.78 is 1.37. The second-order valence-electron chi connectivity index (χ2n) is 7.67. The summed E-state index contributed by atoms with van der Waals surface area (Å²) in [6, 6.07) is 21.9. The molecule has 5 nitrogen and oxygen atoms in total. The van der Waals surface area contributed by atoms with Crippen molar-refractivity contribution in [2.24, 2.45) is 0 Å². The Balaban J connectivity index is 1.42. The van der Waals surface area contributed by atoms with Crippen molar-refractivity contribution >= 4 is 43.9 Å². The van der Waals surface area contributed by atoms with Gasteiger partial charge in [-0.05, 0) is 40.5 Å². The SMILES string of the molecule is CCc1ccc(-c2csc3ncn(CC(=O)Nc4ccc5ccccc5c4)c(=O)c23)cc1. The molecule has 0 bridgehead atoms. The number of thiophene rings is 1. The summed E-state index contributed by atoms with van der Waals surface area (Å²) in [6.45, 7) is 2.01. The van der Waals surface area contributed by atoms with Crippen molar-refractivity contribution in [3.63, 3.8) is 0 Å². The van der Waals surface area contributed by atoms with Crippen LogP contribution in [0.4, 0.5) is 5.69 Å². The number of aromatic nitrogens is 2. The number of rotatable bonds is 5. The predicted octanol–water partition coefficient (Wildman–Crippen LogP) is 5.48. The summed E-state index contributed by atoms with van der Waals surface area (Å²) in [7, 11) is 0. The van der Waals surface area contributed by atoms with Crippen molar-refractivity contribution in [3.05, 3.63) is 94.4 Å². The quantitative estimate of drug-likeness (QED) is 0.394. The van der Waals surface area contributed by atoms with Gasteiger partial charge in [0.15, 0.2) is 0 Å². The Morgan fingerprint density at radius 3 is 2.59 bits per heavy atom. The zero-order chi connectivity index (χ0) is 22.1. The van der Waals surface area contributed by atoms with Gasteiger partial charge in [0.05, 0.1) is 11.7 Å². The van der Waals surface area contributed by atoms with Gasteiger partial charge in [-0.1, -0.05) is 61.5 Å². The van der Waals surface area contributed by atoms with Crippen LogP contribution >= 0.6 is 11.3 Å². The van der Waals surface area contributed by atoms with E-state index in [9.17, 15) is 9.59 Å². The maximum absolute atomic E-state index is 13.2. The molecule has 2 aromatic heterocycles. The normalized spacial score (nSPS) is 11.2. The molecule has 2 heterocycles. The average molecular weight is 440 g/mol. The first-order chi connectivity index (χ1) is 15.6. The van der Waals surface area contributed by atoms with Crippen LogP contribution in [0.2, 0.25) is 0 Å². The number of benzene rings is 3. The molecule has 5 rings (SSSR count). The molecule has 0 radical (unpaired) electrons. The monoisotopic (exact) mass is 439 g/mol. The second-order valence-corrected chi connectivity index (χ2v) is 8.53. The van der Waals surface area contributed by atoms with Crippen LogP contribution in [-0.4, -0.2) is 15.5 Å². The topological polar surface area (TPSA) is 64.0 Å². The highest BCUT2D eigenvalue weighted by molar-refractivity contribution is 7.17. The zero-order valence-electron chi connectivity index (χ0n) is 17.5. The Kier molecular flexibility index (Phi) is 5.29. The summed E-state index contributed by atoms with van der Waals surface area (Å²) in [5.41, 5.74) is 3.57. The average Bonchev–Trinajstić information content (AvgIpc) is 3.26. The molecule has 0 aliphatic carbocycles. The Bertz CT molecular complexity index is 1500. The lowest BCUT2D eigenvalue weighted by molar-refractivity contribution is -0.116. The first kappa shape index (κ1) is 20.2. The number of nitrogens with zero attached hydrogens (tertiary/aromatic N) is 2. The highest BCUT2D eigenvalue weighted by Crippen LogP contribution is 2.30. The third-order valence-corrected chi connectivity index (χ3v) is 6.47. The van der Waals surface area contributed by atoms with Crippen LogP contribution in [0.25, 0.3) is 32.1 Å². The van der Waals surface area contributed by atoms with Crippen LogP contribution in [0.3, 0.4) is 0 Å². The fraction of sp³-hybridized carbons (Fsp3) is 0.115.